The van der Waals surface area contributed by atoms with E-state index in [-0.39, 0.29) is 0 Å². The molecule has 1 aliphatic heterocycles. The molecule has 1 saturated heterocycles. The minimum atomic E-state index is -4.14. The van der Waals surface area contributed by atoms with Gasteiger partial charge < -0.3 is 0 Å². The first-order valence-corrected chi connectivity index (χ1v) is 22.5. The molecule has 6 heteroatoms. The van der Waals surface area contributed by atoms with Crippen molar-refractivity contribution in [3.63, 3.8) is 0 Å². The van der Waals surface area contributed by atoms with E-state index in [1.165, 1.54) is 0 Å². The Hall–Kier alpha value is -4.88. The molecule has 0 N–H and O–H groups in total. The molecule has 258 valence electrons. The van der Waals surface area contributed by atoms with Crippen LogP contribution < -0.4 is 31.8 Å². The van der Waals surface area contributed by atoms with E-state index < -0.39 is 25.6 Å². The first-order chi connectivity index (χ1) is 25.0. The molecule has 0 amide bonds. The molecule has 0 atom stereocenters. The molecule has 1 heterocycles. The van der Waals surface area contributed by atoms with E-state index in [1.54, 1.807) is 0 Å². The summed E-state index contributed by atoms with van der Waals surface area (Å²) in [6.45, 7) is -8.28. The van der Waals surface area contributed by atoms with Gasteiger partial charge in [-0.2, -0.15) is 0 Å². The molecule has 6 aromatic rings. The molecule has 1 fully saturated rings. The zero-order valence-corrected chi connectivity index (χ0v) is 30.6. The molecule has 51 heavy (non-hydrogen) atoms. The van der Waals surface area contributed by atoms with E-state index in [0.29, 0.717) is 12.3 Å². The Morgan fingerprint density at radius 2 is 0.490 bits per heavy atom. The summed E-state index contributed by atoms with van der Waals surface area (Å²) in [7, 11) is 0. The van der Waals surface area contributed by atoms with Crippen LogP contribution in [0.25, 0.3) is 0 Å². The number of rotatable bonds is 6. The van der Waals surface area contributed by atoms with Crippen molar-refractivity contribution in [3.8, 4) is 0 Å². The van der Waals surface area contributed by atoms with Crippen molar-refractivity contribution in [1.29, 1.82) is 0 Å². The van der Waals surface area contributed by atoms with Crippen molar-refractivity contribution in [2.45, 2.75) is 32.1 Å². The molecule has 4 nitrogen and oxygen atoms in total. The van der Waals surface area contributed by atoms with E-state index in [2.05, 4.69) is 72.8 Å². The fourth-order valence-corrected chi connectivity index (χ4v) is 19.8. The minimum absolute atomic E-state index is 0.572. The molecule has 0 aliphatic carbocycles. The van der Waals surface area contributed by atoms with Gasteiger partial charge in [0, 0.05) is 0 Å². The summed E-state index contributed by atoms with van der Waals surface area (Å²) in [4.78, 5) is 30.3. The van der Waals surface area contributed by atoms with Crippen LogP contribution in [0, 0.1) is 0 Å². The van der Waals surface area contributed by atoms with E-state index in [1.807, 2.05) is 109 Å². The molecule has 0 spiro atoms. The van der Waals surface area contributed by atoms with Crippen LogP contribution in [0.1, 0.15) is 32.1 Å². The Labute approximate surface area is 301 Å². The topological polar surface area (TPSA) is 52.6 Å². The number of hydrogen-bond donors (Lipinski definition) is 0. The Balaban J connectivity index is 1.53. The van der Waals surface area contributed by atoms with Gasteiger partial charge in [0.1, 0.15) is 0 Å². The van der Waals surface area contributed by atoms with Crippen LogP contribution in [-0.4, -0.2) is 24.3 Å². The molecule has 6 aromatic carbocycles. The third kappa shape index (κ3) is 5.72. The van der Waals surface area contributed by atoms with Gasteiger partial charge in [0.05, 0.1) is 0 Å². The number of carbonyl (C=O) groups is 2. The Kier molecular flexibility index (Phi) is 9.75. The summed E-state index contributed by atoms with van der Waals surface area (Å²) in [6.07, 6.45) is 5.68. The molecule has 0 radical (unpaired) electrons. The summed E-state index contributed by atoms with van der Waals surface area (Å²) >= 11 is 0. The predicted octanol–water partition coefficient (Wildman–Crippen LogP) is 7.93. The van der Waals surface area contributed by atoms with E-state index in [4.69, 9.17) is 9.05 Å². The monoisotopic (exact) mass is 710 g/mol. The fourth-order valence-electron chi connectivity index (χ4n) is 8.33. The SMILES string of the molecule is O=C1OP(c2ccccc2)(c2ccccc2)(c2ccccc2)CCCCCCCP(c2ccccc2)(c2ccccc2)(c2ccccc2)OC1=O. The molecule has 1 aliphatic rings. The second kappa shape index (κ2) is 14.4. The Morgan fingerprint density at radius 1 is 0.294 bits per heavy atom. The van der Waals surface area contributed by atoms with Crippen LogP contribution in [0.2, 0.25) is 0 Å². The summed E-state index contributed by atoms with van der Waals surface area (Å²) in [5, 5.41) is 5.44. The maximum absolute atomic E-state index is 15.1. The van der Waals surface area contributed by atoms with Crippen molar-refractivity contribution in [2.24, 2.45) is 0 Å². The zero-order chi connectivity index (χ0) is 35.1. The van der Waals surface area contributed by atoms with E-state index >= 15 is 9.59 Å². The third-order valence-electron chi connectivity index (χ3n) is 10.7. The quantitative estimate of drug-likeness (QED) is 0.130. The molecular weight excluding hydrogens is 666 g/mol. The van der Waals surface area contributed by atoms with Gasteiger partial charge in [0.25, 0.3) is 0 Å². The summed E-state index contributed by atoms with van der Waals surface area (Å²) in [5.41, 5.74) is 0. The van der Waals surface area contributed by atoms with Crippen LogP contribution in [0.5, 0.6) is 0 Å². The van der Waals surface area contributed by atoms with Gasteiger partial charge in [0.15, 0.2) is 0 Å². The van der Waals surface area contributed by atoms with Crippen LogP contribution in [0.3, 0.4) is 0 Å². The van der Waals surface area contributed by atoms with Gasteiger partial charge in [-0.25, -0.2) is 0 Å². The molecule has 0 saturated carbocycles. The summed E-state index contributed by atoms with van der Waals surface area (Å²) < 4.78 is 14.4. The number of hydrogen-bond acceptors (Lipinski definition) is 4. The predicted molar refractivity (Wildman–Crippen MR) is 215 cm³/mol. The molecule has 0 unspecified atom stereocenters. The van der Waals surface area contributed by atoms with Crippen LogP contribution in [0.4, 0.5) is 0 Å². The number of carbonyl (C=O) groups excluding carboxylic acids is 2. The van der Waals surface area contributed by atoms with Crippen molar-refractivity contribution >= 4 is 57.4 Å². The van der Waals surface area contributed by atoms with Crippen molar-refractivity contribution in [2.75, 3.05) is 12.3 Å². The second-order valence-corrected chi connectivity index (χ2v) is 22.6. The normalized spacial score (nSPS) is 20.1. The van der Waals surface area contributed by atoms with E-state index in [9.17, 15) is 0 Å². The number of benzene rings is 6. The molecule has 7 rings (SSSR count). The second-order valence-electron chi connectivity index (χ2n) is 13.4. The molecular formula is C45H44O4P2. The van der Waals surface area contributed by atoms with E-state index in [0.717, 1.165) is 63.9 Å². The van der Waals surface area contributed by atoms with Gasteiger partial charge in [-0.3, -0.25) is 0 Å². The molecule has 0 aromatic heterocycles. The first kappa shape index (κ1) is 34.6. The van der Waals surface area contributed by atoms with Crippen molar-refractivity contribution in [1.82, 2.24) is 0 Å². The van der Waals surface area contributed by atoms with Gasteiger partial charge in [-0.05, 0) is 0 Å². The van der Waals surface area contributed by atoms with Crippen LogP contribution in [-0.2, 0) is 18.6 Å². The van der Waals surface area contributed by atoms with Crippen molar-refractivity contribution in [3.05, 3.63) is 182 Å². The van der Waals surface area contributed by atoms with Gasteiger partial charge >= 0.3 is 302 Å². The Morgan fingerprint density at radius 3 is 0.706 bits per heavy atom. The average Bonchev–Trinajstić information content (AvgIpc) is 3.22. The average molecular weight is 711 g/mol. The molecule has 0 bridgehead atoms. The summed E-state index contributed by atoms with van der Waals surface area (Å²) in [6, 6.07) is 60.6. The summed E-state index contributed by atoms with van der Waals surface area (Å²) in [5.74, 6) is -1.94. The van der Waals surface area contributed by atoms with Crippen LogP contribution >= 0.6 is 13.7 Å². The maximum atomic E-state index is 15.1. The first-order valence-electron chi connectivity index (χ1n) is 17.9. The Bertz CT molecular complexity index is 1720. The van der Waals surface area contributed by atoms with Gasteiger partial charge in [-0.1, -0.05) is 0 Å². The third-order valence-corrected chi connectivity index (χ3v) is 22.5. The van der Waals surface area contributed by atoms with Crippen LogP contribution in [0.15, 0.2) is 182 Å². The van der Waals surface area contributed by atoms with Gasteiger partial charge in [-0.15, -0.1) is 0 Å². The fraction of sp³-hybridized carbons (Fsp3) is 0.156. The standard InChI is InChI=1S/C45H44O4P2/c46-44-45(47)49-51(41-30-16-7-17-31-41,42-32-18-8-19-33-42,43-34-20-9-21-35-43)37-23-3-1-2-22-36-50(48-44,38-24-10-4-11-25-38,39-26-12-5-13-27-39)40-28-14-6-15-29-40/h4-21,24-35H,1-3,22-23,36-37H2. The van der Waals surface area contributed by atoms with Crippen molar-refractivity contribution < 1.29 is 18.6 Å². The van der Waals surface area contributed by atoms with Gasteiger partial charge in [0.2, 0.25) is 0 Å². The zero-order valence-electron chi connectivity index (χ0n) is 28.8.